The molecule has 0 aliphatic heterocycles. The van der Waals surface area contributed by atoms with Crippen molar-refractivity contribution in [2.45, 2.75) is 24.2 Å². The Morgan fingerprint density at radius 1 is 1.30 bits per heavy atom. The number of amides is 1. The first-order chi connectivity index (χ1) is 11.2. The lowest BCUT2D eigenvalue weighted by Gasteiger charge is -2.04. The average molecular weight is 350 g/mol. The van der Waals surface area contributed by atoms with Crippen molar-refractivity contribution in [3.8, 4) is 0 Å². The molecule has 122 valence electrons. The molecule has 5 nitrogen and oxygen atoms in total. The van der Waals surface area contributed by atoms with Gasteiger partial charge in [0, 0.05) is 11.9 Å². The van der Waals surface area contributed by atoms with E-state index in [1.165, 1.54) is 23.1 Å². The second-order valence-electron chi connectivity index (χ2n) is 4.64. The summed E-state index contributed by atoms with van der Waals surface area (Å²) in [5.41, 5.74) is 1.75. The van der Waals surface area contributed by atoms with Crippen molar-refractivity contribution in [2.75, 3.05) is 12.4 Å². The predicted octanol–water partition coefficient (Wildman–Crippen LogP) is 2.66. The maximum absolute atomic E-state index is 11.8. The van der Waals surface area contributed by atoms with Gasteiger partial charge in [-0.25, -0.2) is 4.98 Å². The molecule has 1 N–H and O–H groups in total. The van der Waals surface area contributed by atoms with Gasteiger partial charge in [-0.1, -0.05) is 42.1 Å². The Balaban J connectivity index is 1.72. The minimum absolute atomic E-state index is 0.0407. The molecule has 0 bridgehead atoms. The second-order valence-corrected chi connectivity index (χ2v) is 6.72. The largest absolute Gasteiger partial charge is 0.466 e. The molecule has 2 rings (SSSR count). The summed E-state index contributed by atoms with van der Waals surface area (Å²) < 4.78 is 5.66. The van der Waals surface area contributed by atoms with Gasteiger partial charge in [0.05, 0.1) is 24.5 Å². The highest BCUT2D eigenvalue weighted by atomic mass is 32.2. The van der Waals surface area contributed by atoms with Crippen molar-refractivity contribution in [1.29, 1.82) is 0 Å². The van der Waals surface area contributed by atoms with E-state index in [2.05, 4.69) is 10.3 Å². The Morgan fingerprint density at radius 3 is 2.83 bits per heavy atom. The third-order valence-corrected chi connectivity index (χ3v) is 4.89. The number of thiazole rings is 1. The van der Waals surface area contributed by atoms with Crippen molar-refractivity contribution in [3.05, 3.63) is 47.0 Å². The first-order valence-corrected chi connectivity index (χ1v) is 9.07. The fourth-order valence-corrected chi connectivity index (χ4v) is 3.45. The van der Waals surface area contributed by atoms with Crippen LogP contribution in [0.1, 0.15) is 18.2 Å². The third-order valence-electron chi connectivity index (χ3n) is 2.82. The summed E-state index contributed by atoms with van der Waals surface area (Å²) in [6.45, 7) is 2.66. The van der Waals surface area contributed by atoms with E-state index in [9.17, 15) is 9.59 Å². The van der Waals surface area contributed by atoms with Crippen LogP contribution in [0.4, 0.5) is 0 Å². The zero-order chi connectivity index (χ0) is 16.5. The molecule has 0 saturated heterocycles. The van der Waals surface area contributed by atoms with E-state index in [1.54, 1.807) is 6.92 Å². The minimum Gasteiger partial charge on any atom is -0.466 e. The third kappa shape index (κ3) is 6.42. The summed E-state index contributed by atoms with van der Waals surface area (Å²) in [5.74, 6) is -0.0184. The van der Waals surface area contributed by atoms with Crippen LogP contribution in [0.2, 0.25) is 0 Å². The summed E-state index contributed by atoms with van der Waals surface area (Å²) in [6.07, 6.45) is 0.172. The molecule has 2 aromatic rings. The predicted molar refractivity (Wildman–Crippen MR) is 91.5 cm³/mol. The van der Waals surface area contributed by atoms with E-state index in [1.807, 2.05) is 35.7 Å². The first-order valence-electron chi connectivity index (χ1n) is 7.21. The van der Waals surface area contributed by atoms with Crippen LogP contribution in [0.3, 0.4) is 0 Å². The molecule has 0 unspecified atom stereocenters. The molecule has 0 saturated carbocycles. The van der Waals surface area contributed by atoms with Crippen LogP contribution in [0, 0.1) is 0 Å². The topological polar surface area (TPSA) is 68.3 Å². The fraction of sp³-hybridized carbons (Fsp3) is 0.312. The SMILES string of the molecule is CCOC(=O)Cc1csc(SCC(=O)NCc2ccccc2)n1. The number of benzene rings is 1. The molecule has 7 heteroatoms. The van der Waals surface area contributed by atoms with Gasteiger partial charge >= 0.3 is 5.97 Å². The van der Waals surface area contributed by atoms with Gasteiger partial charge in [0.1, 0.15) is 0 Å². The van der Waals surface area contributed by atoms with Crippen LogP contribution in [0.5, 0.6) is 0 Å². The van der Waals surface area contributed by atoms with Gasteiger partial charge in [0.2, 0.25) is 5.91 Å². The monoisotopic (exact) mass is 350 g/mol. The van der Waals surface area contributed by atoms with Gasteiger partial charge in [0.25, 0.3) is 0 Å². The molecule has 1 amide bonds. The molecule has 1 heterocycles. The number of hydrogen-bond acceptors (Lipinski definition) is 6. The highest BCUT2D eigenvalue weighted by molar-refractivity contribution is 8.01. The highest BCUT2D eigenvalue weighted by Crippen LogP contribution is 2.22. The summed E-state index contributed by atoms with van der Waals surface area (Å²) in [5, 5.41) is 4.69. The number of nitrogens with zero attached hydrogens (tertiary/aromatic N) is 1. The average Bonchev–Trinajstić information content (AvgIpc) is 2.99. The van der Waals surface area contributed by atoms with Crippen molar-refractivity contribution in [3.63, 3.8) is 0 Å². The molecule has 23 heavy (non-hydrogen) atoms. The summed E-state index contributed by atoms with van der Waals surface area (Å²) in [7, 11) is 0. The van der Waals surface area contributed by atoms with Gasteiger partial charge < -0.3 is 10.1 Å². The quantitative estimate of drug-likeness (QED) is 0.585. The van der Waals surface area contributed by atoms with Crippen LogP contribution in [0.25, 0.3) is 0 Å². The Kier molecular flexibility index (Phi) is 7.09. The van der Waals surface area contributed by atoms with Crippen molar-refractivity contribution < 1.29 is 14.3 Å². The standard InChI is InChI=1S/C16H18N2O3S2/c1-2-21-15(20)8-13-10-22-16(18-13)23-11-14(19)17-9-12-6-4-3-5-7-12/h3-7,10H,2,8-9,11H2,1H3,(H,17,19). The maximum atomic E-state index is 11.8. The van der Waals surface area contributed by atoms with E-state index in [0.29, 0.717) is 24.6 Å². The molecule has 0 aliphatic rings. The summed E-state index contributed by atoms with van der Waals surface area (Å²) >= 11 is 2.80. The minimum atomic E-state index is -0.282. The lowest BCUT2D eigenvalue weighted by atomic mass is 10.2. The molecule has 1 aromatic carbocycles. The Bertz CT molecular complexity index is 644. The molecule has 1 aromatic heterocycles. The van der Waals surface area contributed by atoms with Crippen molar-refractivity contribution >= 4 is 35.0 Å². The first kappa shape index (κ1) is 17.5. The fourth-order valence-electron chi connectivity index (χ4n) is 1.77. The number of rotatable bonds is 8. The van der Waals surface area contributed by atoms with Gasteiger partial charge in [-0.2, -0.15) is 0 Å². The smallest absolute Gasteiger partial charge is 0.311 e. The highest BCUT2D eigenvalue weighted by Gasteiger charge is 2.10. The van der Waals surface area contributed by atoms with Crippen LogP contribution < -0.4 is 5.32 Å². The number of thioether (sulfide) groups is 1. The number of ether oxygens (including phenoxy) is 1. The van der Waals surface area contributed by atoms with E-state index < -0.39 is 0 Å². The number of hydrogen-bond donors (Lipinski definition) is 1. The second kappa shape index (κ2) is 9.32. The number of nitrogens with one attached hydrogen (secondary N) is 1. The zero-order valence-electron chi connectivity index (χ0n) is 12.8. The van der Waals surface area contributed by atoms with E-state index in [0.717, 1.165) is 9.90 Å². The maximum Gasteiger partial charge on any atom is 0.311 e. The van der Waals surface area contributed by atoms with Gasteiger partial charge in [-0.3, -0.25) is 9.59 Å². The molecule has 0 atom stereocenters. The van der Waals surface area contributed by atoms with Crippen molar-refractivity contribution in [2.24, 2.45) is 0 Å². The lowest BCUT2D eigenvalue weighted by Crippen LogP contribution is -2.24. The molecule has 0 aliphatic carbocycles. The Morgan fingerprint density at radius 2 is 2.09 bits per heavy atom. The number of aromatic nitrogens is 1. The molecule has 0 fully saturated rings. The Hall–Kier alpha value is -1.86. The van der Waals surface area contributed by atoms with E-state index in [-0.39, 0.29) is 18.3 Å². The van der Waals surface area contributed by atoms with Gasteiger partial charge in [-0.15, -0.1) is 11.3 Å². The molecular weight excluding hydrogens is 332 g/mol. The van der Waals surface area contributed by atoms with E-state index in [4.69, 9.17) is 4.74 Å². The van der Waals surface area contributed by atoms with E-state index >= 15 is 0 Å². The van der Waals surface area contributed by atoms with Crippen LogP contribution in [-0.2, 0) is 27.3 Å². The molecule has 0 radical (unpaired) electrons. The van der Waals surface area contributed by atoms with Crippen LogP contribution in [-0.4, -0.2) is 29.2 Å². The number of carbonyl (C=O) groups excluding carboxylic acids is 2. The van der Waals surface area contributed by atoms with Crippen LogP contribution >= 0.6 is 23.1 Å². The lowest BCUT2D eigenvalue weighted by molar-refractivity contribution is -0.142. The molecule has 0 spiro atoms. The number of carbonyl (C=O) groups is 2. The summed E-state index contributed by atoms with van der Waals surface area (Å²) in [4.78, 5) is 27.5. The Labute approximate surface area is 143 Å². The van der Waals surface area contributed by atoms with Crippen LogP contribution in [0.15, 0.2) is 40.1 Å². The van der Waals surface area contributed by atoms with Crippen molar-refractivity contribution in [1.82, 2.24) is 10.3 Å². The number of esters is 1. The summed E-state index contributed by atoms with van der Waals surface area (Å²) in [6, 6.07) is 9.76. The zero-order valence-corrected chi connectivity index (χ0v) is 14.4. The molecular formula is C16H18N2O3S2. The van der Waals surface area contributed by atoms with Gasteiger partial charge in [0.15, 0.2) is 4.34 Å². The van der Waals surface area contributed by atoms with Gasteiger partial charge in [-0.05, 0) is 12.5 Å². The normalized spacial score (nSPS) is 10.3.